The smallest absolute Gasteiger partial charge is 0.248 e. The number of aromatic nitrogens is 1. The zero-order valence-electron chi connectivity index (χ0n) is 13.1. The first-order valence-electron chi connectivity index (χ1n) is 7.81. The SMILES string of the molecule is COc1cc2c3c(c(C4CC4)nc2c(Cl)c1Cl)CN(C(=O)CO)C3. The molecular formula is C17H16Cl2N2O3. The van der Waals surface area contributed by atoms with E-state index in [2.05, 4.69) is 0 Å². The van der Waals surface area contributed by atoms with Gasteiger partial charge in [-0.1, -0.05) is 23.2 Å². The molecule has 1 aliphatic carbocycles. The molecule has 1 amide bonds. The van der Waals surface area contributed by atoms with Crippen molar-refractivity contribution in [1.82, 2.24) is 9.88 Å². The largest absolute Gasteiger partial charge is 0.495 e. The molecular weight excluding hydrogens is 351 g/mol. The molecule has 126 valence electrons. The summed E-state index contributed by atoms with van der Waals surface area (Å²) in [5.74, 6) is 0.627. The Morgan fingerprint density at radius 3 is 2.67 bits per heavy atom. The van der Waals surface area contributed by atoms with E-state index in [1.54, 1.807) is 4.90 Å². The van der Waals surface area contributed by atoms with Gasteiger partial charge in [0, 0.05) is 30.1 Å². The number of rotatable bonds is 3. The van der Waals surface area contributed by atoms with E-state index in [9.17, 15) is 9.90 Å². The highest BCUT2D eigenvalue weighted by Crippen LogP contribution is 2.47. The second-order valence-electron chi connectivity index (χ2n) is 6.24. The zero-order chi connectivity index (χ0) is 17.0. The number of hydrogen-bond acceptors (Lipinski definition) is 4. The second-order valence-corrected chi connectivity index (χ2v) is 7.00. The Balaban J connectivity index is 1.97. The predicted octanol–water partition coefficient (Wildman–Crippen LogP) is 3.26. The minimum atomic E-state index is -0.492. The number of nitrogens with zero attached hydrogens (tertiary/aromatic N) is 2. The van der Waals surface area contributed by atoms with Gasteiger partial charge in [-0.05, 0) is 30.0 Å². The van der Waals surface area contributed by atoms with Crippen LogP contribution in [-0.2, 0) is 17.9 Å². The number of methoxy groups -OCH3 is 1. The maximum absolute atomic E-state index is 11.9. The third-order valence-electron chi connectivity index (χ3n) is 4.75. The first-order valence-corrected chi connectivity index (χ1v) is 8.56. The van der Waals surface area contributed by atoms with Crippen molar-refractivity contribution in [2.24, 2.45) is 0 Å². The number of aliphatic hydroxyl groups is 1. The third kappa shape index (κ3) is 2.34. The van der Waals surface area contributed by atoms with Gasteiger partial charge in [0.2, 0.25) is 5.91 Å². The molecule has 0 bridgehead atoms. The number of carbonyl (C=O) groups is 1. The summed E-state index contributed by atoms with van der Waals surface area (Å²) in [6.07, 6.45) is 2.20. The molecule has 1 N–H and O–H groups in total. The van der Waals surface area contributed by atoms with Crippen molar-refractivity contribution in [3.8, 4) is 5.75 Å². The van der Waals surface area contributed by atoms with E-state index >= 15 is 0 Å². The van der Waals surface area contributed by atoms with E-state index in [-0.39, 0.29) is 5.91 Å². The maximum atomic E-state index is 11.9. The van der Waals surface area contributed by atoms with Crippen molar-refractivity contribution in [3.05, 3.63) is 32.9 Å². The van der Waals surface area contributed by atoms with Crippen molar-refractivity contribution in [3.63, 3.8) is 0 Å². The maximum Gasteiger partial charge on any atom is 0.248 e. The molecule has 24 heavy (non-hydrogen) atoms. The van der Waals surface area contributed by atoms with Crippen LogP contribution < -0.4 is 4.74 Å². The fourth-order valence-corrected chi connectivity index (χ4v) is 3.81. The number of ether oxygens (including phenoxy) is 1. The number of benzene rings is 1. The lowest BCUT2D eigenvalue weighted by Crippen LogP contribution is -2.27. The van der Waals surface area contributed by atoms with Crippen LogP contribution in [0.4, 0.5) is 0 Å². The van der Waals surface area contributed by atoms with Gasteiger partial charge in [-0.15, -0.1) is 0 Å². The predicted molar refractivity (Wildman–Crippen MR) is 91.6 cm³/mol. The number of pyridine rings is 1. The number of hydrogen-bond donors (Lipinski definition) is 1. The van der Waals surface area contributed by atoms with E-state index in [1.165, 1.54) is 7.11 Å². The Kier molecular flexibility index (Phi) is 3.82. The van der Waals surface area contributed by atoms with Crippen molar-refractivity contribution >= 4 is 40.0 Å². The van der Waals surface area contributed by atoms with Gasteiger partial charge in [-0.25, -0.2) is 0 Å². The molecule has 0 spiro atoms. The lowest BCUT2D eigenvalue weighted by atomic mass is 10.0. The molecule has 1 aliphatic heterocycles. The van der Waals surface area contributed by atoms with Gasteiger partial charge in [0.1, 0.15) is 17.4 Å². The first kappa shape index (κ1) is 15.9. The Bertz CT molecular complexity index is 865. The molecule has 1 fully saturated rings. The monoisotopic (exact) mass is 366 g/mol. The lowest BCUT2D eigenvalue weighted by Gasteiger charge is -2.13. The molecule has 0 unspecified atom stereocenters. The van der Waals surface area contributed by atoms with E-state index in [0.717, 1.165) is 35.0 Å². The normalized spacial score (nSPS) is 16.6. The second kappa shape index (κ2) is 5.76. The minimum absolute atomic E-state index is 0.284. The molecule has 0 atom stereocenters. The van der Waals surface area contributed by atoms with Crippen molar-refractivity contribution in [2.75, 3.05) is 13.7 Å². The summed E-state index contributed by atoms with van der Waals surface area (Å²) in [6, 6.07) is 1.83. The van der Waals surface area contributed by atoms with Crippen molar-refractivity contribution in [2.45, 2.75) is 31.8 Å². The fraction of sp³-hybridized carbons (Fsp3) is 0.412. The highest BCUT2D eigenvalue weighted by Gasteiger charge is 2.35. The first-order chi connectivity index (χ1) is 11.5. The summed E-state index contributed by atoms with van der Waals surface area (Å²) in [5.41, 5.74) is 3.77. The Morgan fingerprint density at radius 2 is 2.04 bits per heavy atom. The number of halogens is 2. The number of carbonyl (C=O) groups excluding carboxylic acids is 1. The van der Waals surface area contributed by atoms with Gasteiger partial charge < -0.3 is 14.7 Å². The van der Waals surface area contributed by atoms with E-state index < -0.39 is 6.61 Å². The van der Waals surface area contributed by atoms with Crippen molar-refractivity contribution in [1.29, 1.82) is 0 Å². The molecule has 5 nitrogen and oxygen atoms in total. The average molecular weight is 367 g/mol. The number of aliphatic hydroxyl groups excluding tert-OH is 1. The Hall–Kier alpha value is -1.56. The molecule has 1 aromatic heterocycles. The molecule has 2 aromatic rings. The quantitative estimate of drug-likeness (QED) is 0.905. The van der Waals surface area contributed by atoms with Crippen LogP contribution in [0.1, 0.15) is 35.6 Å². The van der Waals surface area contributed by atoms with Gasteiger partial charge in [0.25, 0.3) is 0 Å². The molecule has 2 heterocycles. The van der Waals surface area contributed by atoms with Crippen LogP contribution in [-0.4, -0.2) is 34.6 Å². The topological polar surface area (TPSA) is 62.7 Å². The van der Waals surface area contributed by atoms with Gasteiger partial charge in [-0.2, -0.15) is 0 Å². The third-order valence-corrected chi connectivity index (χ3v) is 5.59. The Morgan fingerprint density at radius 1 is 1.33 bits per heavy atom. The van der Waals surface area contributed by atoms with E-state index in [1.807, 2.05) is 6.07 Å². The summed E-state index contributed by atoms with van der Waals surface area (Å²) < 4.78 is 5.31. The standard InChI is InChI=1S/C17H16Cl2N2O3/c1-24-12-4-9-10-5-21(13(23)7-22)6-11(10)16(8-2-3-8)20-17(9)15(19)14(12)18/h4,8,22H,2-3,5-7H2,1H3. The van der Waals surface area contributed by atoms with Crippen molar-refractivity contribution < 1.29 is 14.6 Å². The van der Waals surface area contributed by atoms with E-state index in [4.69, 9.17) is 32.9 Å². The molecule has 0 saturated heterocycles. The average Bonchev–Trinajstić information content (AvgIpc) is 3.34. The van der Waals surface area contributed by atoms with Gasteiger partial charge >= 0.3 is 0 Å². The highest BCUT2D eigenvalue weighted by atomic mass is 35.5. The van der Waals surface area contributed by atoms with Gasteiger partial charge in [-0.3, -0.25) is 9.78 Å². The highest BCUT2D eigenvalue weighted by molar-refractivity contribution is 6.46. The molecule has 0 radical (unpaired) electrons. The molecule has 1 aromatic carbocycles. The van der Waals surface area contributed by atoms with Crippen LogP contribution in [0.3, 0.4) is 0 Å². The summed E-state index contributed by atoms with van der Waals surface area (Å²) in [5, 5.41) is 10.8. The van der Waals surface area contributed by atoms with Gasteiger partial charge in [0.15, 0.2) is 0 Å². The van der Waals surface area contributed by atoms with Gasteiger partial charge in [0.05, 0.1) is 17.6 Å². The minimum Gasteiger partial charge on any atom is -0.495 e. The lowest BCUT2D eigenvalue weighted by molar-refractivity contribution is -0.134. The van der Waals surface area contributed by atoms with Crippen LogP contribution in [0.25, 0.3) is 10.9 Å². The summed E-state index contributed by atoms with van der Waals surface area (Å²) in [6.45, 7) is 0.425. The summed E-state index contributed by atoms with van der Waals surface area (Å²) >= 11 is 12.7. The number of fused-ring (bicyclic) bond motifs is 3. The Labute approximate surface area is 149 Å². The molecule has 4 rings (SSSR count). The number of amides is 1. The van der Waals surface area contributed by atoms with Crippen LogP contribution >= 0.6 is 23.2 Å². The van der Waals surface area contributed by atoms with Crippen LogP contribution in [0.2, 0.25) is 10.0 Å². The van der Waals surface area contributed by atoms with E-state index in [0.29, 0.717) is 40.3 Å². The zero-order valence-corrected chi connectivity index (χ0v) is 14.6. The van der Waals surface area contributed by atoms with Crippen LogP contribution in [0, 0.1) is 0 Å². The summed E-state index contributed by atoms with van der Waals surface area (Å²) in [7, 11) is 1.54. The fourth-order valence-electron chi connectivity index (χ4n) is 3.35. The molecule has 2 aliphatic rings. The summed E-state index contributed by atoms with van der Waals surface area (Å²) in [4.78, 5) is 18.4. The molecule has 7 heteroatoms. The van der Waals surface area contributed by atoms with Crippen LogP contribution in [0.15, 0.2) is 6.07 Å². The molecule has 1 saturated carbocycles. The van der Waals surface area contributed by atoms with Crippen LogP contribution in [0.5, 0.6) is 5.75 Å².